The summed E-state index contributed by atoms with van der Waals surface area (Å²) in [6.07, 6.45) is 0. The average molecular weight is 330 g/mol. The van der Waals surface area contributed by atoms with Crippen LogP contribution < -0.4 is 0 Å². The van der Waals surface area contributed by atoms with E-state index in [1.165, 1.54) is 0 Å². The van der Waals surface area contributed by atoms with Crippen molar-refractivity contribution in [1.82, 2.24) is 0 Å². The van der Waals surface area contributed by atoms with Crippen molar-refractivity contribution in [2.45, 2.75) is 47.5 Å². The molecule has 0 aromatic heterocycles. The first-order valence-corrected chi connectivity index (χ1v) is 19.5. The Kier molecular flexibility index (Phi) is 3.10. The first kappa shape index (κ1) is 11.5. The van der Waals surface area contributed by atoms with E-state index in [-0.39, 0.29) is 0 Å². The molecule has 0 spiro atoms. The number of hydrogen-bond donors (Lipinski definition) is 0. The second-order valence-corrected chi connectivity index (χ2v) is 40.2. The van der Waals surface area contributed by atoms with Gasteiger partial charge < -0.3 is 0 Å². The second-order valence-electron chi connectivity index (χ2n) is 6.07. The SMILES string of the molecule is C[Si](C)(C)[Si]1([Si](C)(C)C)C[Te]C1. The molecule has 72 valence electrons. The Labute approximate surface area is 90.2 Å². The van der Waals surface area contributed by atoms with E-state index >= 15 is 0 Å². The van der Waals surface area contributed by atoms with Crippen molar-refractivity contribution < 1.29 is 0 Å². The van der Waals surface area contributed by atoms with Gasteiger partial charge in [-0.3, -0.25) is 0 Å². The van der Waals surface area contributed by atoms with Crippen molar-refractivity contribution >= 4 is 43.2 Å². The minimum absolute atomic E-state index is 0.543. The zero-order valence-electron chi connectivity index (χ0n) is 9.32. The Hall–Kier alpha value is 1.44. The Bertz CT molecular complexity index is 158. The molecule has 1 aliphatic heterocycles. The van der Waals surface area contributed by atoms with Crippen LogP contribution in [0.5, 0.6) is 0 Å². The van der Waals surface area contributed by atoms with Crippen molar-refractivity contribution in [2.75, 3.05) is 0 Å². The molecule has 0 amide bonds. The molecule has 1 heterocycles. The third kappa shape index (κ3) is 1.66. The molecule has 0 atom stereocenters. The normalized spacial score (nSPS) is 23.5. The molecule has 1 saturated heterocycles. The number of hydrogen-bond acceptors (Lipinski definition) is 0. The monoisotopic (exact) mass is 332 g/mol. The molecule has 4 heteroatoms. The van der Waals surface area contributed by atoms with Crippen LogP contribution in [-0.4, -0.2) is 43.2 Å². The molecule has 1 fully saturated rings. The molecule has 0 aromatic carbocycles. The summed E-state index contributed by atoms with van der Waals surface area (Å²) in [6.45, 7) is 15.9. The van der Waals surface area contributed by atoms with E-state index in [1.54, 1.807) is 0 Å². The fourth-order valence-electron chi connectivity index (χ4n) is 2.30. The average Bonchev–Trinajstić information content (AvgIpc) is 1.47. The van der Waals surface area contributed by atoms with Crippen molar-refractivity contribution in [1.29, 1.82) is 0 Å². The first-order valence-electron chi connectivity index (χ1n) is 4.78. The van der Waals surface area contributed by atoms with E-state index < -0.39 is 22.3 Å². The van der Waals surface area contributed by atoms with E-state index in [0.29, 0.717) is 20.9 Å². The van der Waals surface area contributed by atoms with Crippen LogP contribution in [0.4, 0.5) is 0 Å². The van der Waals surface area contributed by atoms with E-state index in [4.69, 9.17) is 0 Å². The predicted molar refractivity (Wildman–Crippen MR) is 67.8 cm³/mol. The Morgan fingerprint density at radius 3 is 1.17 bits per heavy atom. The van der Waals surface area contributed by atoms with Gasteiger partial charge >= 0.3 is 90.7 Å². The van der Waals surface area contributed by atoms with E-state index in [9.17, 15) is 0 Å². The molecule has 12 heavy (non-hydrogen) atoms. The van der Waals surface area contributed by atoms with Gasteiger partial charge in [0.1, 0.15) is 0 Å². The van der Waals surface area contributed by atoms with Gasteiger partial charge in [0, 0.05) is 0 Å². The summed E-state index contributed by atoms with van der Waals surface area (Å²) in [7, 11) is -2.06. The maximum atomic E-state index is 2.66. The molecule has 0 nitrogen and oxygen atoms in total. The predicted octanol–water partition coefficient (Wildman–Crippen LogP) is 2.90. The van der Waals surface area contributed by atoms with Gasteiger partial charge in [0.25, 0.3) is 0 Å². The summed E-state index contributed by atoms with van der Waals surface area (Å²) < 4.78 is 3.65. The molecule has 0 unspecified atom stereocenters. The van der Waals surface area contributed by atoms with Gasteiger partial charge in [-0.2, -0.15) is 0 Å². The maximum absolute atomic E-state index is 2.66. The third-order valence-corrected chi connectivity index (χ3v) is 65.0. The molecule has 0 N–H and O–H groups in total. The summed E-state index contributed by atoms with van der Waals surface area (Å²) in [5.41, 5.74) is 0. The van der Waals surface area contributed by atoms with Crippen molar-refractivity contribution in [3.8, 4) is 0 Å². The minimum atomic E-state index is -0.726. The molecular weight excluding hydrogens is 308 g/mol. The van der Waals surface area contributed by atoms with Crippen LogP contribution in [0.25, 0.3) is 0 Å². The van der Waals surface area contributed by atoms with Gasteiger partial charge in [-0.05, 0) is 0 Å². The molecule has 0 aliphatic carbocycles. The zero-order chi connectivity index (χ0) is 9.62. The van der Waals surface area contributed by atoms with Crippen molar-refractivity contribution in [3.63, 3.8) is 0 Å². The van der Waals surface area contributed by atoms with Crippen LogP contribution in [-0.2, 0) is 0 Å². The van der Waals surface area contributed by atoms with E-state index in [0.717, 1.165) is 0 Å². The van der Waals surface area contributed by atoms with Gasteiger partial charge in [0.15, 0.2) is 0 Å². The molecule has 1 aliphatic rings. The first-order chi connectivity index (χ1) is 5.21. The van der Waals surface area contributed by atoms with Gasteiger partial charge in [-0.15, -0.1) is 0 Å². The summed E-state index contributed by atoms with van der Waals surface area (Å²) in [6, 6.07) is 0. The van der Waals surface area contributed by atoms with E-state index in [1.807, 2.05) is 8.18 Å². The third-order valence-electron chi connectivity index (χ3n) is 3.57. The topological polar surface area (TPSA) is 0 Å². The van der Waals surface area contributed by atoms with Crippen LogP contribution in [0.2, 0.25) is 47.5 Å². The summed E-state index contributed by atoms with van der Waals surface area (Å²) in [5.74, 6) is 0. The van der Waals surface area contributed by atoms with Gasteiger partial charge in [-0.25, -0.2) is 0 Å². The fourth-order valence-corrected chi connectivity index (χ4v) is 97.0. The van der Waals surface area contributed by atoms with Gasteiger partial charge in [-0.1, -0.05) is 0 Å². The molecular formula is C8H22Si3Te. The van der Waals surface area contributed by atoms with Gasteiger partial charge in [0.2, 0.25) is 0 Å². The molecule has 0 radical (unpaired) electrons. The van der Waals surface area contributed by atoms with Crippen molar-refractivity contribution in [3.05, 3.63) is 0 Å². The molecule has 1 rings (SSSR count). The van der Waals surface area contributed by atoms with Crippen LogP contribution >= 0.6 is 0 Å². The summed E-state index contributed by atoms with van der Waals surface area (Å²) in [4.78, 5) is 0. The Morgan fingerprint density at radius 1 is 0.833 bits per heavy atom. The van der Waals surface area contributed by atoms with E-state index in [2.05, 4.69) is 39.3 Å². The standard InChI is InChI=1S/C8H22Si3Te/c1-9(2,3)11(7-12-8-11)10(4,5)6/h7-8H2,1-6H3. The van der Waals surface area contributed by atoms with Crippen LogP contribution in [0.15, 0.2) is 0 Å². The van der Waals surface area contributed by atoms with Crippen LogP contribution in [0, 0.1) is 0 Å². The second kappa shape index (κ2) is 3.23. The number of rotatable bonds is 2. The molecule has 0 bridgehead atoms. The van der Waals surface area contributed by atoms with Crippen molar-refractivity contribution in [2.24, 2.45) is 0 Å². The quantitative estimate of drug-likeness (QED) is 0.683. The summed E-state index contributed by atoms with van der Waals surface area (Å²) >= 11 is 0.543. The van der Waals surface area contributed by atoms with Crippen LogP contribution in [0.3, 0.4) is 0 Å². The summed E-state index contributed by atoms with van der Waals surface area (Å²) in [5, 5.41) is 0. The van der Waals surface area contributed by atoms with Gasteiger partial charge in [0.05, 0.1) is 0 Å². The molecule has 0 aromatic rings. The zero-order valence-corrected chi connectivity index (χ0v) is 14.7. The molecule has 0 saturated carbocycles. The van der Waals surface area contributed by atoms with Crippen LogP contribution in [0.1, 0.15) is 0 Å². The Balaban J connectivity index is 2.92. The fraction of sp³-hybridized carbons (Fsp3) is 1.00. The Morgan fingerprint density at radius 2 is 1.17 bits per heavy atom.